The summed E-state index contributed by atoms with van der Waals surface area (Å²) in [6.45, 7) is 5.29. The first-order chi connectivity index (χ1) is 8.97. The van der Waals surface area contributed by atoms with Crippen molar-refractivity contribution in [2.45, 2.75) is 13.8 Å². The molecule has 0 unspecified atom stereocenters. The molecule has 0 fully saturated rings. The molecule has 1 aromatic heterocycles. The van der Waals surface area contributed by atoms with Crippen LogP contribution in [0.4, 0.5) is 0 Å². The number of hydrogen-bond donors (Lipinski definition) is 1. The lowest BCUT2D eigenvalue weighted by Gasteiger charge is -2.18. The summed E-state index contributed by atoms with van der Waals surface area (Å²) in [7, 11) is 0. The zero-order valence-corrected chi connectivity index (χ0v) is 13.2. The zero-order chi connectivity index (χ0) is 14.4. The van der Waals surface area contributed by atoms with E-state index in [9.17, 15) is 9.59 Å². The van der Waals surface area contributed by atoms with Crippen molar-refractivity contribution in [1.82, 2.24) is 10.2 Å². The van der Waals surface area contributed by atoms with E-state index >= 15 is 0 Å². The maximum Gasteiger partial charge on any atom is 0.234 e. The highest BCUT2D eigenvalue weighted by molar-refractivity contribution is 7.20. The van der Waals surface area contributed by atoms with Crippen LogP contribution in [0.25, 0.3) is 0 Å². The predicted molar refractivity (Wildman–Crippen MR) is 79.5 cm³/mol. The first kappa shape index (κ1) is 16.4. The molecule has 0 saturated carbocycles. The van der Waals surface area contributed by atoms with Crippen molar-refractivity contribution in [3.8, 4) is 0 Å². The summed E-state index contributed by atoms with van der Waals surface area (Å²) in [4.78, 5) is 25.3. The Bertz CT molecular complexity index is 463. The lowest BCUT2D eigenvalue weighted by molar-refractivity contribution is -0.121. The Morgan fingerprint density at radius 1 is 1.32 bits per heavy atom. The minimum atomic E-state index is -0.126. The Balaban J connectivity index is 2.63. The van der Waals surface area contributed by atoms with Gasteiger partial charge in [0.05, 0.1) is 23.0 Å². The lowest BCUT2D eigenvalue weighted by Crippen LogP contribution is -2.39. The number of carbonyl (C=O) groups excluding carboxylic acids is 2. The number of nitrogens with one attached hydrogen (secondary N) is 1. The van der Waals surface area contributed by atoms with Crippen molar-refractivity contribution in [3.05, 3.63) is 20.3 Å². The van der Waals surface area contributed by atoms with E-state index in [0.29, 0.717) is 27.3 Å². The van der Waals surface area contributed by atoms with Crippen LogP contribution in [0.2, 0.25) is 8.67 Å². The van der Waals surface area contributed by atoms with Gasteiger partial charge in [-0.15, -0.1) is 11.3 Å². The van der Waals surface area contributed by atoms with Crippen LogP contribution >= 0.6 is 34.5 Å². The minimum Gasteiger partial charge on any atom is -0.355 e. The second kappa shape index (κ2) is 7.85. The molecule has 0 aliphatic carbocycles. The normalized spacial score (nSPS) is 10.8. The first-order valence-electron chi connectivity index (χ1n) is 5.95. The molecular weight excluding hydrogens is 307 g/mol. The average Bonchev–Trinajstić information content (AvgIpc) is 2.67. The van der Waals surface area contributed by atoms with E-state index in [0.717, 1.165) is 0 Å². The van der Waals surface area contributed by atoms with E-state index in [-0.39, 0.29) is 24.8 Å². The van der Waals surface area contributed by atoms with Crippen LogP contribution in [0.1, 0.15) is 24.2 Å². The highest BCUT2D eigenvalue weighted by Crippen LogP contribution is 2.31. The zero-order valence-electron chi connectivity index (χ0n) is 10.8. The highest BCUT2D eigenvalue weighted by Gasteiger charge is 2.18. The molecule has 19 heavy (non-hydrogen) atoms. The molecule has 0 atom stereocenters. The molecule has 0 bridgehead atoms. The molecule has 1 aromatic rings. The molecule has 0 aliphatic heterocycles. The van der Waals surface area contributed by atoms with Gasteiger partial charge in [0.1, 0.15) is 4.34 Å². The summed E-state index contributed by atoms with van der Waals surface area (Å²) in [5, 5.41) is 2.70. The molecule has 0 saturated heterocycles. The van der Waals surface area contributed by atoms with Crippen LogP contribution in [0, 0.1) is 0 Å². The Labute approximate surface area is 126 Å². The van der Waals surface area contributed by atoms with Gasteiger partial charge in [-0.3, -0.25) is 14.5 Å². The van der Waals surface area contributed by atoms with Crippen molar-refractivity contribution < 1.29 is 9.59 Å². The van der Waals surface area contributed by atoms with Crippen molar-refractivity contribution in [2.24, 2.45) is 0 Å². The number of nitrogens with zero attached hydrogens (tertiary/aromatic N) is 1. The summed E-state index contributed by atoms with van der Waals surface area (Å²) in [6, 6.07) is 1.57. The molecule has 1 rings (SSSR count). The van der Waals surface area contributed by atoms with Crippen molar-refractivity contribution >= 4 is 46.2 Å². The van der Waals surface area contributed by atoms with Gasteiger partial charge in [0.15, 0.2) is 5.78 Å². The highest BCUT2D eigenvalue weighted by atomic mass is 35.5. The fraction of sp³-hybridized carbons (Fsp3) is 0.500. The number of halogens is 2. The number of amides is 1. The van der Waals surface area contributed by atoms with Crippen LogP contribution in [-0.4, -0.2) is 42.8 Å². The predicted octanol–water partition coefficient (Wildman–Crippen LogP) is 2.70. The molecule has 106 valence electrons. The number of likely N-dealkylation sites (N-methyl/N-ethyl adjacent to an activating group) is 2. The van der Waals surface area contributed by atoms with Crippen molar-refractivity contribution in [3.63, 3.8) is 0 Å². The average molecular weight is 323 g/mol. The van der Waals surface area contributed by atoms with Gasteiger partial charge in [-0.05, 0) is 19.5 Å². The summed E-state index contributed by atoms with van der Waals surface area (Å²) in [5.41, 5.74) is 0.422. The van der Waals surface area contributed by atoms with E-state index in [1.54, 1.807) is 11.0 Å². The number of thiophene rings is 1. The molecule has 1 amide bonds. The lowest BCUT2D eigenvalue weighted by atomic mass is 10.2. The van der Waals surface area contributed by atoms with Crippen LogP contribution in [0.15, 0.2) is 6.07 Å². The first-order valence-corrected chi connectivity index (χ1v) is 7.52. The van der Waals surface area contributed by atoms with E-state index in [4.69, 9.17) is 23.2 Å². The Kier molecular flexibility index (Phi) is 6.79. The number of rotatable bonds is 7. The van der Waals surface area contributed by atoms with Crippen LogP contribution in [0.3, 0.4) is 0 Å². The third-order valence-electron chi connectivity index (χ3n) is 2.51. The largest absolute Gasteiger partial charge is 0.355 e. The summed E-state index contributed by atoms with van der Waals surface area (Å²) >= 11 is 12.9. The minimum absolute atomic E-state index is 0.0911. The summed E-state index contributed by atoms with van der Waals surface area (Å²) in [6.07, 6.45) is 0. The van der Waals surface area contributed by atoms with Crippen LogP contribution < -0.4 is 5.32 Å². The van der Waals surface area contributed by atoms with Gasteiger partial charge >= 0.3 is 0 Å². The van der Waals surface area contributed by atoms with Gasteiger partial charge in [-0.25, -0.2) is 0 Å². The molecular formula is C12H16Cl2N2O2S. The van der Waals surface area contributed by atoms with E-state index in [2.05, 4.69) is 5.32 Å². The third-order valence-corrected chi connectivity index (χ3v) is 4.00. The topological polar surface area (TPSA) is 49.4 Å². The van der Waals surface area contributed by atoms with E-state index in [1.165, 1.54) is 11.3 Å². The van der Waals surface area contributed by atoms with E-state index in [1.807, 2.05) is 13.8 Å². The number of ketones is 1. The SMILES string of the molecule is CCNC(=O)CN(CC)CC(=O)c1cc(Cl)sc1Cl. The van der Waals surface area contributed by atoms with Gasteiger partial charge in [0.25, 0.3) is 0 Å². The summed E-state index contributed by atoms with van der Waals surface area (Å²) < 4.78 is 0.879. The smallest absolute Gasteiger partial charge is 0.234 e. The monoisotopic (exact) mass is 322 g/mol. The third kappa shape index (κ3) is 5.10. The van der Waals surface area contributed by atoms with Gasteiger partial charge in [0, 0.05) is 6.54 Å². The molecule has 4 nitrogen and oxygen atoms in total. The van der Waals surface area contributed by atoms with Gasteiger partial charge < -0.3 is 5.32 Å². The fourth-order valence-electron chi connectivity index (χ4n) is 1.55. The van der Waals surface area contributed by atoms with Crippen LogP contribution in [0.5, 0.6) is 0 Å². The van der Waals surface area contributed by atoms with Crippen LogP contribution in [-0.2, 0) is 4.79 Å². The number of hydrogen-bond acceptors (Lipinski definition) is 4. The quantitative estimate of drug-likeness (QED) is 0.785. The molecule has 0 radical (unpaired) electrons. The fourth-order valence-corrected chi connectivity index (χ4v) is 3.05. The molecule has 0 aliphatic rings. The molecule has 1 heterocycles. The molecule has 0 aromatic carbocycles. The Morgan fingerprint density at radius 3 is 2.47 bits per heavy atom. The van der Waals surface area contributed by atoms with Gasteiger partial charge in [0.2, 0.25) is 5.91 Å². The standard InChI is InChI=1S/C12H16Cl2N2O2S/c1-3-15-11(18)7-16(4-2)6-9(17)8-5-10(13)19-12(8)14/h5H,3-4,6-7H2,1-2H3,(H,15,18). The van der Waals surface area contributed by atoms with Gasteiger partial charge in [-0.1, -0.05) is 30.1 Å². The van der Waals surface area contributed by atoms with Gasteiger partial charge in [-0.2, -0.15) is 0 Å². The maximum atomic E-state index is 12.1. The Hall–Kier alpha value is -0.620. The summed E-state index contributed by atoms with van der Waals surface area (Å²) in [5.74, 6) is -0.217. The molecule has 7 heteroatoms. The second-order valence-corrected chi connectivity index (χ2v) is 6.20. The van der Waals surface area contributed by atoms with E-state index < -0.39 is 0 Å². The number of carbonyl (C=O) groups is 2. The molecule has 0 spiro atoms. The number of Topliss-reactive ketones (excluding diaryl/α,β-unsaturated/α-hetero) is 1. The molecule has 1 N–H and O–H groups in total. The second-order valence-electron chi connectivity index (χ2n) is 3.92. The van der Waals surface area contributed by atoms with Crippen molar-refractivity contribution in [1.29, 1.82) is 0 Å². The maximum absolute atomic E-state index is 12.1. The van der Waals surface area contributed by atoms with Crippen molar-refractivity contribution in [2.75, 3.05) is 26.2 Å². The Morgan fingerprint density at radius 2 is 2.00 bits per heavy atom.